The first-order valence-corrected chi connectivity index (χ1v) is 5.87. The van der Waals surface area contributed by atoms with Gasteiger partial charge in [0.2, 0.25) is 5.96 Å². The van der Waals surface area contributed by atoms with Crippen LogP contribution in [0.25, 0.3) is 0 Å². The largest absolute Gasteiger partial charge is 0.370 e. The topological polar surface area (TPSA) is 101 Å². The van der Waals surface area contributed by atoms with Gasteiger partial charge in [-0.2, -0.15) is 4.99 Å². The minimum Gasteiger partial charge on any atom is -0.370 e. The van der Waals surface area contributed by atoms with Crippen molar-refractivity contribution in [2.45, 2.75) is 51.9 Å². The third-order valence-corrected chi connectivity index (χ3v) is 2.14. The van der Waals surface area contributed by atoms with Gasteiger partial charge in [0.25, 0.3) is 0 Å². The van der Waals surface area contributed by atoms with Crippen LogP contribution < -0.4 is 11.5 Å². The smallest absolute Gasteiger partial charge is 0.244 e. The molecule has 16 heavy (non-hydrogen) atoms. The molecule has 0 bridgehead atoms. The van der Waals surface area contributed by atoms with Gasteiger partial charge in [0.05, 0.1) is 0 Å². The average molecular weight is 225 g/mol. The molecule has 0 aromatic rings. The highest BCUT2D eigenvalue weighted by Gasteiger charge is 1.90. The molecule has 0 atom stereocenters. The van der Waals surface area contributed by atoms with Crippen LogP contribution in [0.4, 0.5) is 0 Å². The van der Waals surface area contributed by atoms with Gasteiger partial charge in [-0.25, -0.2) is 4.99 Å². The number of nitrogens with zero attached hydrogens (tertiary/aromatic N) is 2. The van der Waals surface area contributed by atoms with E-state index in [1.54, 1.807) is 6.21 Å². The van der Waals surface area contributed by atoms with Crippen LogP contribution in [0.3, 0.4) is 0 Å². The molecule has 0 aromatic carbocycles. The highest BCUT2D eigenvalue weighted by molar-refractivity contribution is 5.95. The zero-order chi connectivity index (χ0) is 12.2. The molecule has 0 heterocycles. The fourth-order valence-electron chi connectivity index (χ4n) is 1.32. The summed E-state index contributed by atoms with van der Waals surface area (Å²) in [5.74, 6) is -0.257. The molecule has 5 nitrogen and oxygen atoms in total. The lowest BCUT2D eigenvalue weighted by Crippen LogP contribution is -2.23. The van der Waals surface area contributed by atoms with Crippen LogP contribution in [0.2, 0.25) is 0 Å². The molecule has 0 saturated heterocycles. The molecule has 5 heteroatoms. The number of rotatable bonds is 7. The Hall–Kier alpha value is -1.39. The molecular formula is C11H23N5. The second-order valence-electron chi connectivity index (χ2n) is 3.73. The van der Waals surface area contributed by atoms with Gasteiger partial charge in [0.1, 0.15) is 0 Å². The van der Waals surface area contributed by atoms with Crippen LogP contribution in [0.15, 0.2) is 9.98 Å². The summed E-state index contributed by atoms with van der Waals surface area (Å²) < 4.78 is 0. The van der Waals surface area contributed by atoms with E-state index in [4.69, 9.17) is 16.9 Å². The molecule has 0 aliphatic rings. The highest BCUT2D eigenvalue weighted by atomic mass is 15.1. The Bertz CT molecular complexity index is 241. The van der Waals surface area contributed by atoms with Crippen molar-refractivity contribution in [3.05, 3.63) is 0 Å². The third-order valence-electron chi connectivity index (χ3n) is 2.14. The van der Waals surface area contributed by atoms with Crippen LogP contribution in [0.1, 0.15) is 51.9 Å². The summed E-state index contributed by atoms with van der Waals surface area (Å²) in [6, 6.07) is 0. The van der Waals surface area contributed by atoms with Gasteiger partial charge in [-0.15, -0.1) is 0 Å². The Morgan fingerprint density at radius 2 is 1.75 bits per heavy atom. The van der Waals surface area contributed by atoms with Crippen molar-refractivity contribution in [1.29, 1.82) is 5.41 Å². The van der Waals surface area contributed by atoms with Gasteiger partial charge in [0, 0.05) is 6.21 Å². The summed E-state index contributed by atoms with van der Waals surface area (Å²) in [5.41, 5.74) is 10.2. The molecule has 0 fully saturated rings. The van der Waals surface area contributed by atoms with Gasteiger partial charge < -0.3 is 11.5 Å². The summed E-state index contributed by atoms with van der Waals surface area (Å²) in [4.78, 5) is 7.30. The molecule has 0 rings (SSSR count). The average Bonchev–Trinajstić information content (AvgIpc) is 2.21. The van der Waals surface area contributed by atoms with Crippen LogP contribution in [-0.2, 0) is 0 Å². The maximum absolute atomic E-state index is 7.24. The van der Waals surface area contributed by atoms with Gasteiger partial charge in [-0.1, -0.05) is 39.0 Å². The SMILES string of the molecule is CCCCCCCCC=NC(=N)N=C(N)N. The zero-order valence-corrected chi connectivity index (χ0v) is 10.1. The fourth-order valence-corrected chi connectivity index (χ4v) is 1.32. The molecule has 0 aliphatic carbocycles. The second-order valence-corrected chi connectivity index (χ2v) is 3.73. The van der Waals surface area contributed by atoms with Crippen molar-refractivity contribution in [2.24, 2.45) is 21.5 Å². The maximum atomic E-state index is 7.24. The lowest BCUT2D eigenvalue weighted by molar-refractivity contribution is 0.617. The number of guanidine groups is 2. The first-order valence-electron chi connectivity index (χ1n) is 5.87. The number of nitrogens with two attached hydrogens (primary N) is 2. The monoisotopic (exact) mass is 225 g/mol. The predicted octanol–water partition coefficient (Wildman–Crippen LogP) is 2.02. The summed E-state index contributed by atoms with van der Waals surface area (Å²) >= 11 is 0. The molecule has 0 aliphatic heterocycles. The van der Waals surface area contributed by atoms with E-state index >= 15 is 0 Å². The minimum atomic E-state index is -0.133. The molecule has 0 radical (unpaired) electrons. The summed E-state index contributed by atoms with van der Waals surface area (Å²) in [6.45, 7) is 2.21. The van der Waals surface area contributed by atoms with Crippen LogP contribution in [0, 0.1) is 5.41 Å². The first-order chi connectivity index (χ1) is 7.66. The lowest BCUT2D eigenvalue weighted by atomic mass is 10.1. The third kappa shape index (κ3) is 10.7. The van der Waals surface area contributed by atoms with Crippen LogP contribution in [-0.4, -0.2) is 18.1 Å². The number of hydrogen-bond donors (Lipinski definition) is 3. The molecule has 0 aromatic heterocycles. The van der Waals surface area contributed by atoms with E-state index in [0.717, 1.165) is 12.8 Å². The lowest BCUT2D eigenvalue weighted by Gasteiger charge is -1.97. The van der Waals surface area contributed by atoms with Crippen molar-refractivity contribution in [2.75, 3.05) is 0 Å². The number of unbranched alkanes of at least 4 members (excludes halogenated alkanes) is 6. The quantitative estimate of drug-likeness (QED) is 0.350. The van der Waals surface area contributed by atoms with E-state index in [2.05, 4.69) is 16.9 Å². The van der Waals surface area contributed by atoms with Crippen LogP contribution in [0.5, 0.6) is 0 Å². The van der Waals surface area contributed by atoms with Gasteiger partial charge in [-0.05, 0) is 12.8 Å². The minimum absolute atomic E-state index is 0.123. The Morgan fingerprint density at radius 1 is 1.12 bits per heavy atom. The van der Waals surface area contributed by atoms with Crippen molar-refractivity contribution in [3.63, 3.8) is 0 Å². The summed E-state index contributed by atoms with van der Waals surface area (Å²) in [6.07, 6.45) is 10.1. The van der Waals surface area contributed by atoms with E-state index in [9.17, 15) is 0 Å². The standard InChI is InChI=1S/C11H23N5/c1-2-3-4-5-6-7-8-9-15-11(14)16-10(12)13/h9H,2-8H2,1H3,(H5,12,13,14,16). The summed E-state index contributed by atoms with van der Waals surface area (Å²) in [5, 5.41) is 7.24. The second kappa shape index (κ2) is 10.1. The van der Waals surface area contributed by atoms with E-state index in [-0.39, 0.29) is 11.9 Å². The molecule has 0 unspecified atom stereocenters. The molecule has 0 spiro atoms. The Labute approximate surface area is 97.5 Å². The Morgan fingerprint density at radius 3 is 2.38 bits per heavy atom. The molecule has 0 amide bonds. The van der Waals surface area contributed by atoms with Gasteiger partial charge >= 0.3 is 0 Å². The molecular weight excluding hydrogens is 202 g/mol. The number of hydrogen-bond acceptors (Lipinski definition) is 1. The van der Waals surface area contributed by atoms with Crippen LogP contribution >= 0.6 is 0 Å². The molecule has 92 valence electrons. The number of aliphatic imine (C=N–C) groups is 2. The normalized spacial score (nSPS) is 10.6. The predicted molar refractivity (Wildman–Crippen MR) is 70.0 cm³/mol. The molecule has 5 N–H and O–H groups in total. The molecule has 0 saturated carbocycles. The van der Waals surface area contributed by atoms with Crippen molar-refractivity contribution in [1.82, 2.24) is 0 Å². The van der Waals surface area contributed by atoms with Gasteiger partial charge in [-0.3, -0.25) is 5.41 Å². The van der Waals surface area contributed by atoms with Gasteiger partial charge in [0.15, 0.2) is 5.96 Å². The van der Waals surface area contributed by atoms with Crippen molar-refractivity contribution >= 4 is 18.1 Å². The van der Waals surface area contributed by atoms with E-state index < -0.39 is 0 Å². The van der Waals surface area contributed by atoms with Crippen molar-refractivity contribution in [3.8, 4) is 0 Å². The summed E-state index contributed by atoms with van der Waals surface area (Å²) in [7, 11) is 0. The first kappa shape index (κ1) is 14.6. The zero-order valence-electron chi connectivity index (χ0n) is 10.1. The van der Waals surface area contributed by atoms with E-state index in [0.29, 0.717) is 0 Å². The Balaban J connectivity index is 3.41. The Kier molecular flexibility index (Phi) is 9.26. The van der Waals surface area contributed by atoms with E-state index in [1.807, 2.05) is 0 Å². The van der Waals surface area contributed by atoms with E-state index in [1.165, 1.54) is 32.1 Å². The number of nitrogens with one attached hydrogen (secondary N) is 1. The maximum Gasteiger partial charge on any atom is 0.244 e. The fraction of sp³-hybridized carbons (Fsp3) is 0.727. The highest BCUT2D eigenvalue weighted by Crippen LogP contribution is 2.05. The van der Waals surface area contributed by atoms with Crippen molar-refractivity contribution < 1.29 is 0 Å².